The molecule has 0 N–H and O–H groups in total. The second-order valence-corrected chi connectivity index (χ2v) is 9.71. The Hall–Kier alpha value is -3.43. The highest BCUT2D eigenvalue weighted by atomic mass is 16.5. The van der Waals surface area contributed by atoms with E-state index >= 15 is 0 Å². The predicted octanol–water partition coefficient (Wildman–Crippen LogP) is 2.39. The molecular weight excluding hydrogens is 472 g/mol. The van der Waals surface area contributed by atoms with E-state index in [1.807, 2.05) is 31.3 Å². The molecule has 0 saturated carbocycles. The molecule has 0 spiro atoms. The summed E-state index contributed by atoms with van der Waals surface area (Å²) in [5.41, 5.74) is 1.08. The van der Waals surface area contributed by atoms with E-state index in [9.17, 15) is 14.4 Å². The molecule has 1 aliphatic heterocycles. The van der Waals surface area contributed by atoms with Gasteiger partial charge in [0.15, 0.2) is 6.61 Å². The topological polar surface area (TPSA) is 101 Å². The van der Waals surface area contributed by atoms with Crippen LogP contribution in [-0.2, 0) is 27.3 Å². The number of aryl methyl sites for hydroxylation is 2. The van der Waals surface area contributed by atoms with Gasteiger partial charge in [-0.1, -0.05) is 18.2 Å². The summed E-state index contributed by atoms with van der Waals surface area (Å²) < 4.78 is 7.58. The minimum atomic E-state index is -0.555. The van der Waals surface area contributed by atoms with Crippen molar-refractivity contribution in [1.29, 1.82) is 0 Å². The average Bonchev–Trinajstić information content (AvgIpc) is 3.42. The molecule has 10 nitrogen and oxygen atoms in total. The lowest BCUT2D eigenvalue weighted by molar-refractivity contribution is -0.145. The van der Waals surface area contributed by atoms with Gasteiger partial charge in [0.25, 0.3) is 5.91 Å². The lowest BCUT2D eigenvalue weighted by atomic mass is 10.1. The van der Waals surface area contributed by atoms with E-state index in [1.54, 1.807) is 34.9 Å². The van der Waals surface area contributed by atoms with Gasteiger partial charge in [-0.3, -0.25) is 19.1 Å². The van der Waals surface area contributed by atoms with Crippen LogP contribution in [0.1, 0.15) is 50.5 Å². The van der Waals surface area contributed by atoms with Gasteiger partial charge in [-0.25, -0.2) is 4.98 Å². The SMILES string of the molecule is CN(CCCC[C@H]1C(=O)N(C)CCCCc2ccccc2OCC(=O)N1C)C(=O)CCCn1cncn1. The number of fused-ring (bicyclic) bond motifs is 1. The van der Waals surface area contributed by atoms with Gasteiger partial charge >= 0.3 is 0 Å². The van der Waals surface area contributed by atoms with E-state index in [0.29, 0.717) is 38.9 Å². The van der Waals surface area contributed by atoms with Gasteiger partial charge in [0.1, 0.15) is 24.4 Å². The number of nitrogens with zero attached hydrogens (tertiary/aromatic N) is 6. The van der Waals surface area contributed by atoms with Crippen molar-refractivity contribution in [2.45, 2.75) is 64.0 Å². The Morgan fingerprint density at radius 2 is 1.95 bits per heavy atom. The smallest absolute Gasteiger partial charge is 0.260 e. The van der Waals surface area contributed by atoms with Crippen LogP contribution in [0.4, 0.5) is 0 Å². The normalized spacial score (nSPS) is 17.3. The molecule has 2 heterocycles. The highest BCUT2D eigenvalue weighted by Gasteiger charge is 2.29. The van der Waals surface area contributed by atoms with Crippen LogP contribution in [0.5, 0.6) is 5.75 Å². The molecule has 0 unspecified atom stereocenters. The van der Waals surface area contributed by atoms with E-state index in [0.717, 1.165) is 43.4 Å². The van der Waals surface area contributed by atoms with Crippen molar-refractivity contribution < 1.29 is 19.1 Å². The van der Waals surface area contributed by atoms with Crippen LogP contribution in [-0.4, -0.2) is 94.1 Å². The quantitative estimate of drug-likeness (QED) is 0.478. The number of likely N-dealkylation sites (N-methyl/N-ethyl adjacent to an activating group) is 2. The highest BCUT2D eigenvalue weighted by Crippen LogP contribution is 2.21. The zero-order chi connectivity index (χ0) is 26.6. The van der Waals surface area contributed by atoms with Crippen molar-refractivity contribution in [3.8, 4) is 5.75 Å². The van der Waals surface area contributed by atoms with E-state index < -0.39 is 6.04 Å². The maximum Gasteiger partial charge on any atom is 0.260 e. The predicted molar refractivity (Wildman–Crippen MR) is 140 cm³/mol. The standard InChI is InChI=1S/C27H40N6O4/c1-30(25(34)15-10-18-33-21-28-20-29-33)16-9-7-13-23-27(36)31(2)17-8-6-12-22-11-4-5-14-24(22)37-19-26(35)32(23)3/h4-5,11,14,20-21,23H,6-10,12-13,15-19H2,1-3H3/t23-/m0/s1. The highest BCUT2D eigenvalue weighted by molar-refractivity contribution is 5.88. The lowest BCUT2D eigenvalue weighted by Crippen LogP contribution is -2.49. The second kappa shape index (κ2) is 14.3. The number of benzene rings is 1. The molecule has 0 bridgehead atoms. The Balaban J connectivity index is 1.51. The third-order valence-electron chi connectivity index (χ3n) is 6.93. The van der Waals surface area contributed by atoms with Crippen LogP contribution >= 0.6 is 0 Å². The molecule has 0 aliphatic carbocycles. The number of para-hydroxylation sites is 1. The Labute approximate surface area is 219 Å². The molecule has 0 radical (unpaired) electrons. The van der Waals surface area contributed by atoms with E-state index in [-0.39, 0.29) is 24.3 Å². The van der Waals surface area contributed by atoms with Crippen molar-refractivity contribution in [1.82, 2.24) is 29.5 Å². The number of amides is 3. The first-order chi connectivity index (χ1) is 17.9. The summed E-state index contributed by atoms with van der Waals surface area (Å²) >= 11 is 0. The van der Waals surface area contributed by atoms with E-state index in [2.05, 4.69) is 10.1 Å². The Morgan fingerprint density at radius 1 is 1.14 bits per heavy atom. The maximum atomic E-state index is 13.3. The average molecular weight is 513 g/mol. The first-order valence-corrected chi connectivity index (χ1v) is 13.1. The van der Waals surface area contributed by atoms with Crippen LogP contribution in [0.25, 0.3) is 0 Å². The monoisotopic (exact) mass is 512 g/mol. The molecule has 3 amide bonds. The van der Waals surface area contributed by atoms with E-state index in [4.69, 9.17) is 4.74 Å². The molecule has 1 aromatic carbocycles. The molecule has 0 fully saturated rings. The number of unbranched alkanes of at least 4 members (excludes halogenated alkanes) is 1. The first kappa shape index (κ1) is 28.1. The fourth-order valence-electron chi connectivity index (χ4n) is 4.52. The molecule has 37 heavy (non-hydrogen) atoms. The Morgan fingerprint density at radius 3 is 2.73 bits per heavy atom. The van der Waals surface area contributed by atoms with E-state index in [1.165, 1.54) is 11.2 Å². The lowest BCUT2D eigenvalue weighted by Gasteiger charge is -2.31. The van der Waals surface area contributed by atoms with Gasteiger partial charge in [-0.2, -0.15) is 5.10 Å². The van der Waals surface area contributed by atoms with Crippen molar-refractivity contribution >= 4 is 17.7 Å². The van der Waals surface area contributed by atoms with Crippen molar-refractivity contribution in [2.24, 2.45) is 0 Å². The zero-order valence-electron chi connectivity index (χ0n) is 22.3. The van der Waals surface area contributed by atoms with Gasteiger partial charge in [-0.15, -0.1) is 0 Å². The number of aromatic nitrogens is 3. The second-order valence-electron chi connectivity index (χ2n) is 9.71. The number of ether oxygens (including phenoxy) is 1. The number of hydrogen-bond donors (Lipinski definition) is 0. The number of carbonyl (C=O) groups is 3. The summed E-state index contributed by atoms with van der Waals surface area (Å²) in [7, 11) is 5.29. The van der Waals surface area contributed by atoms with Crippen molar-refractivity contribution in [3.05, 3.63) is 42.5 Å². The minimum absolute atomic E-state index is 0.0508. The van der Waals surface area contributed by atoms with Crippen molar-refractivity contribution in [2.75, 3.05) is 40.8 Å². The fraction of sp³-hybridized carbons (Fsp3) is 0.593. The molecule has 3 rings (SSSR count). The minimum Gasteiger partial charge on any atom is -0.483 e. The van der Waals surface area contributed by atoms with Gasteiger partial charge in [0.2, 0.25) is 11.8 Å². The molecule has 1 aromatic heterocycles. The molecule has 0 saturated heterocycles. The largest absolute Gasteiger partial charge is 0.483 e. The number of hydrogen-bond acceptors (Lipinski definition) is 6. The van der Waals surface area contributed by atoms with Gasteiger partial charge < -0.3 is 19.4 Å². The molecule has 2 aromatic rings. The first-order valence-electron chi connectivity index (χ1n) is 13.1. The summed E-state index contributed by atoms with van der Waals surface area (Å²) in [5, 5.41) is 4.05. The molecule has 1 atom stereocenters. The van der Waals surface area contributed by atoms with Gasteiger partial charge in [-0.05, 0) is 56.6 Å². The van der Waals surface area contributed by atoms with Crippen LogP contribution in [0, 0.1) is 0 Å². The fourth-order valence-corrected chi connectivity index (χ4v) is 4.52. The molecule has 202 valence electrons. The summed E-state index contributed by atoms with van der Waals surface area (Å²) in [6.07, 6.45) is 8.95. The summed E-state index contributed by atoms with van der Waals surface area (Å²) in [4.78, 5) is 47.6. The van der Waals surface area contributed by atoms with Crippen LogP contribution in [0.3, 0.4) is 0 Å². The summed E-state index contributed by atoms with van der Waals surface area (Å²) in [6, 6.07) is 7.25. The van der Waals surface area contributed by atoms with Gasteiger partial charge in [0.05, 0.1) is 0 Å². The third kappa shape index (κ3) is 8.58. The van der Waals surface area contributed by atoms with Gasteiger partial charge in [0, 0.05) is 47.2 Å². The molecule has 10 heteroatoms. The Bertz CT molecular complexity index is 1010. The maximum absolute atomic E-state index is 13.3. The van der Waals surface area contributed by atoms with Crippen LogP contribution in [0.15, 0.2) is 36.9 Å². The zero-order valence-corrected chi connectivity index (χ0v) is 22.3. The van der Waals surface area contributed by atoms with Crippen LogP contribution in [0.2, 0.25) is 0 Å². The summed E-state index contributed by atoms with van der Waals surface area (Å²) in [5.74, 6) is 0.544. The Kier molecular flexibility index (Phi) is 10.9. The molecular formula is C27H40N6O4. The number of rotatable bonds is 9. The van der Waals surface area contributed by atoms with Crippen LogP contribution < -0.4 is 4.74 Å². The summed E-state index contributed by atoms with van der Waals surface area (Å²) in [6.45, 7) is 1.81. The molecule has 1 aliphatic rings. The number of carbonyl (C=O) groups excluding carboxylic acids is 3. The van der Waals surface area contributed by atoms with Crippen molar-refractivity contribution in [3.63, 3.8) is 0 Å². The third-order valence-corrected chi connectivity index (χ3v) is 6.93.